The van der Waals surface area contributed by atoms with Crippen molar-refractivity contribution in [2.24, 2.45) is 4.99 Å². The van der Waals surface area contributed by atoms with Crippen molar-refractivity contribution in [2.75, 3.05) is 5.43 Å². The van der Waals surface area contributed by atoms with Crippen molar-refractivity contribution >= 4 is 23.6 Å². The van der Waals surface area contributed by atoms with Crippen molar-refractivity contribution in [3.05, 3.63) is 60.2 Å². The van der Waals surface area contributed by atoms with Gasteiger partial charge in [0.1, 0.15) is 11.5 Å². The topological polar surface area (TPSA) is 78.7 Å². The highest BCUT2D eigenvalue weighted by molar-refractivity contribution is 6.13. The molecule has 100 valence electrons. The quantitative estimate of drug-likeness (QED) is 0.585. The second-order valence-corrected chi connectivity index (χ2v) is 4.08. The number of benzene rings is 1. The number of nitrogens with zero attached hydrogens (tertiary/aromatic N) is 1. The molecule has 0 bridgehead atoms. The molecule has 1 aromatic carbocycles. The molecule has 6 heteroatoms. The van der Waals surface area contributed by atoms with Gasteiger partial charge in [-0.15, -0.1) is 0 Å². The Hall–Kier alpha value is -3.02. The van der Waals surface area contributed by atoms with Crippen LogP contribution in [0.3, 0.4) is 0 Å². The van der Waals surface area contributed by atoms with Gasteiger partial charge in [-0.05, 0) is 24.3 Å². The van der Waals surface area contributed by atoms with Crippen molar-refractivity contribution in [1.82, 2.24) is 10.7 Å². The number of para-hydroxylation sites is 1. The second kappa shape index (κ2) is 5.31. The van der Waals surface area contributed by atoms with E-state index in [-0.39, 0.29) is 11.6 Å². The first-order chi connectivity index (χ1) is 9.81. The van der Waals surface area contributed by atoms with Crippen LogP contribution in [0.4, 0.5) is 5.69 Å². The van der Waals surface area contributed by atoms with Gasteiger partial charge >= 0.3 is 0 Å². The Morgan fingerprint density at radius 2 is 1.95 bits per heavy atom. The summed E-state index contributed by atoms with van der Waals surface area (Å²) in [6, 6.07) is 13.0. The van der Waals surface area contributed by atoms with Crippen LogP contribution in [0.1, 0.15) is 5.76 Å². The third kappa shape index (κ3) is 2.69. The minimum absolute atomic E-state index is 0.279. The molecule has 3 N–H and O–H groups in total. The molecule has 2 aromatic rings. The zero-order valence-corrected chi connectivity index (χ0v) is 10.5. The van der Waals surface area contributed by atoms with Gasteiger partial charge in [0.05, 0.1) is 12.0 Å². The molecule has 3 rings (SSSR count). The van der Waals surface area contributed by atoms with E-state index in [2.05, 4.69) is 21.2 Å². The third-order valence-corrected chi connectivity index (χ3v) is 2.62. The Morgan fingerprint density at radius 1 is 1.10 bits per heavy atom. The Labute approximate surface area is 115 Å². The van der Waals surface area contributed by atoms with Gasteiger partial charge < -0.3 is 4.42 Å². The molecule has 6 nitrogen and oxygen atoms in total. The fraction of sp³-hybridized carbons (Fsp3) is 0. The average molecular weight is 268 g/mol. The molecule has 1 aliphatic rings. The fourth-order valence-electron chi connectivity index (χ4n) is 1.69. The fourth-order valence-corrected chi connectivity index (χ4v) is 1.69. The van der Waals surface area contributed by atoms with Crippen LogP contribution < -0.4 is 16.2 Å². The van der Waals surface area contributed by atoms with Crippen molar-refractivity contribution in [3.63, 3.8) is 0 Å². The number of hydrazine groups is 1. The highest BCUT2D eigenvalue weighted by Crippen LogP contribution is 2.12. The van der Waals surface area contributed by atoms with Gasteiger partial charge in [-0.3, -0.25) is 21.0 Å². The molecule has 0 radical (unpaired) electrons. The van der Waals surface area contributed by atoms with Gasteiger partial charge in [-0.2, -0.15) is 0 Å². The van der Waals surface area contributed by atoms with E-state index in [1.165, 1.54) is 0 Å². The van der Waals surface area contributed by atoms with Gasteiger partial charge in [0.15, 0.2) is 0 Å². The number of guanidine groups is 1. The number of aliphatic imine (C=N–C) groups is 1. The molecule has 0 aliphatic carbocycles. The summed E-state index contributed by atoms with van der Waals surface area (Å²) in [6.07, 6.45) is 3.12. The van der Waals surface area contributed by atoms with E-state index in [9.17, 15) is 4.79 Å². The summed E-state index contributed by atoms with van der Waals surface area (Å²) < 4.78 is 5.15. The van der Waals surface area contributed by atoms with Crippen LogP contribution >= 0.6 is 0 Å². The molecule has 1 amide bonds. The van der Waals surface area contributed by atoms with Gasteiger partial charge in [0.2, 0.25) is 5.96 Å². The first-order valence-corrected chi connectivity index (χ1v) is 6.03. The number of carbonyl (C=O) groups is 1. The van der Waals surface area contributed by atoms with Crippen LogP contribution in [-0.4, -0.2) is 11.9 Å². The SMILES string of the molecule is O=C1NC(NNc2ccccc2)=NC1=Cc1ccco1. The summed E-state index contributed by atoms with van der Waals surface area (Å²) in [6.45, 7) is 0. The predicted molar refractivity (Wildman–Crippen MR) is 75.5 cm³/mol. The lowest BCUT2D eigenvalue weighted by Crippen LogP contribution is -2.39. The van der Waals surface area contributed by atoms with E-state index in [0.717, 1.165) is 5.69 Å². The predicted octanol–water partition coefficient (Wildman–Crippen LogP) is 1.72. The van der Waals surface area contributed by atoms with Crippen LogP contribution in [0.15, 0.2) is 63.8 Å². The van der Waals surface area contributed by atoms with Gasteiger partial charge in [0, 0.05) is 6.08 Å². The summed E-state index contributed by atoms with van der Waals surface area (Å²) in [7, 11) is 0. The van der Waals surface area contributed by atoms with Crippen LogP contribution in [0.25, 0.3) is 6.08 Å². The molecule has 0 saturated heterocycles. The molecule has 2 heterocycles. The molecule has 0 saturated carbocycles. The van der Waals surface area contributed by atoms with Crippen molar-refractivity contribution in [2.45, 2.75) is 0 Å². The van der Waals surface area contributed by atoms with E-state index < -0.39 is 0 Å². The zero-order valence-electron chi connectivity index (χ0n) is 10.5. The maximum Gasteiger partial charge on any atom is 0.276 e. The van der Waals surface area contributed by atoms with Crippen LogP contribution in [0.5, 0.6) is 0 Å². The van der Waals surface area contributed by atoms with E-state index in [4.69, 9.17) is 4.42 Å². The molecule has 0 fully saturated rings. The molecular weight excluding hydrogens is 256 g/mol. The molecule has 0 spiro atoms. The molecular formula is C14H12N4O2. The Balaban J connectivity index is 1.68. The molecule has 0 unspecified atom stereocenters. The summed E-state index contributed by atoms with van der Waals surface area (Å²) in [5.74, 6) is 0.645. The van der Waals surface area contributed by atoms with Crippen molar-refractivity contribution < 1.29 is 9.21 Å². The first-order valence-electron chi connectivity index (χ1n) is 6.03. The van der Waals surface area contributed by atoms with E-state index in [0.29, 0.717) is 11.7 Å². The minimum atomic E-state index is -0.279. The van der Waals surface area contributed by atoms with Crippen LogP contribution in [0, 0.1) is 0 Å². The van der Waals surface area contributed by atoms with Gasteiger partial charge in [0.25, 0.3) is 5.91 Å². The number of hydrogen-bond donors (Lipinski definition) is 3. The number of furan rings is 1. The smallest absolute Gasteiger partial charge is 0.276 e. The van der Waals surface area contributed by atoms with Gasteiger partial charge in [-0.1, -0.05) is 18.2 Å². The number of hydrogen-bond acceptors (Lipinski definition) is 5. The Morgan fingerprint density at radius 3 is 2.70 bits per heavy atom. The van der Waals surface area contributed by atoms with Crippen LogP contribution in [-0.2, 0) is 4.79 Å². The average Bonchev–Trinajstić information content (AvgIpc) is 3.09. The molecule has 0 atom stereocenters. The number of anilines is 1. The normalized spacial score (nSPS) is 15.9. The highest BCUT2D eigenvalue weighted by atomic mass is 16.3. The Kier molecular flexibility index (Phi) is 3.20. The summed E-state index contributed by atoms with van der Waals surface area (Å²) >= 11 is 0. The summed E-state index contributed by atoms with van der Waals surface area (Å²) in [5.41, 5.74) is 6.93. The molecule has 20 heavy (non-hydrogen) atoms. The minimum Gasteiger partial charge on any atom is -0.465 e. The van der Waals surface area contributed by atoms with Gasteiger partial charge in [-0.25, -0.2) is 4.99 Å². The monoisotopic (exact) mass is 268 g/mol. The number of amides is 1. The van der Waals surface area contributed by atoms with Crippen molar-refractivity contribution in [3.8, 4) is 0 Å². The summed E-state index contributed by atoms with van der Waals surface area (Å²) in [5, 5.41) is 2.61. The van der Waals surface area contributed by atoms with Crippen LogP contribution in [0.2, 0.25) is 0 Å². The lowest BCUT2D eigenvalue weighted by molar-refractivity contribution is -0.115. The van der Waals surface area contributed by atoms with E-state index >= 15 is 0 Å². The molecule has 1 aliphatic heterocycles. The van der Waals surface area contributed by atoms with E-state index in [1.807, 2.05) is 30.3 Å². The summed E-state index contributed by atoms with van der Waals surface area (Å²) in [4.78, 5) is 15.9. The standard InChI is InChI=1S/C14H12N4O2/c19-13-12(9-11-7-4-8-20-11)15-14(16-13)18-17-10-5-2-1-3-6-10/h1-9,17H,(H2,15,16,18,19). The number of rotatable bonds is 3. The number of nitrogens with one attached hydrogen (secondary N) is 3. The zero-order chi connectivity index (χ0) is 13.8. The largest absolute Gasteiger partial charge is 0.465 e. The maximum absolute atomic E-state index is 11.7. The van der Waals surface area contributed by atoms with Crippen molar-refractivity contribution in [1.29, 1.82) is 0 Å². The Bertz CT molecular complexity index is 660. The third-order valence-electron chi connectivity index (χ3n) is 2.62. The lowest BCUT2D eigenvalue weighted by atomic mass is 10.3. The highest BCUT2D eigenvalue weighted by Gasteiger charge is 2.20. The first kappa shape index (κ1) is 12.0. The second-order valence-electron chi connectivity index (χ2n) is 4.08. The number of carbonyl (C=O) groups excluding carboxylic acids is 1. The maximum atomic E-state index is 11.7. The molecule has 1 aromatic heterocycles. The van der Waals surface area contributed by atoms with E-state index in [1.54, 1.807) is 24.5 Å². The lowest BCUT2D eigenvalue weighted by Gasteiger charge is -2.07.